The first-order valence-corrected chi connectivity index (χ1v) is 11.1. The Kier molecular flexibility index (Phi) is 7.79. The zero-order valence-electron chi connectivity index (χ0n) is 19.6. The van der Waals surface area contributed by atoms with Crippen LogP contribution in [0.15, 0.2) is 48.5 Å². The second-order valence-corrected chi connectivity index (χ2v) is 9.15. The van der Waals surface area contributed by atoms with Crippen molar-refractivity contribution in [1.82, 2.24) is 4.90 Å². The predicted octanol–water partition coefficient (Wildman–Crippen LogP) is 4.43. The van der Waals surface area contributed by atoms with Crippen molar-refractivity contribution >= 4 is 23.4 Å². The molecule has 1 heterocycles. The normalized spacial score (nSPS) is 15.8. The number of hydrogen-bond donors (Lipinski definition) is 1. The number of nitrogens with zero attached hydrogens (tertiary/aromatic N) is 2. The molecule has 1 amide bonds. The Morgan fingerprint density at radius 3 is 2.58 bits per heavy atom. The van der Waals surface area contributed by atoms with Crippen molar-refractivity contribution in [1.29, 1.82) is 0 Å². The van der Waals surface area contributed by atoms with Gasteiger partial charge in [0.05, 0.1) is 11.7 Å². The molecule has 7 nitrogen and oxygen atoms in total. The second-order valence-electron chi connectivity index (χ2n) is 9.15. The summed E-state index contributed by atoms with van der Waals surface area (Å²) in [6, 6.07) is 14.1. The lowest BCUT2D eigenvalue weighted by molar-refractivity contribution is -0.142. The number of rotatable bonds is 7. The molecule has 0 saturated carbocycles. The van der Waals surface area contributed by atoms with E-state index >= 15 is 0 Å². The third-order valence-corrected chi connectivity index (χ3v) is 5.36. The number of anilines is 2. The molecular weight excluding hydrogens is 425 g/mol. The van der Waals surface area contributed by atoms with E-state index in [0.717, 1.165) is 12.0 Å². The molecule has 2 aromatic rings. The van der Waals surface area contributed by atoms with E-state index in [1.54, 1.807) is 24.1 Å². The number of hydrogen-bond acceptors (Lipinski definition) is 6. The van der Waals surface area contributed by atoms with E-state index in [0.29, 0.717) is 24.5 Å². The number of amides is 1. The summed E-state index contributed by atoms with van der Waals surface area (Å²) in [5.41, 5.74) is 1.30. The Hall–Kier alpha value is -3.29. The van der Waals surface area contributed by atoms with Crippen LogP contribution in [0.4, 0.5) is 20.6 Å². The molecule has 3 rings (SSSR count). The van der Waals surface area contributed by atoms with Crippen LogP contribution in [0.25, 0.3) is 0 Å². The van der Waals surface area contributed by atoms with Gasteiger partial charge in [0.25, 0.3) is 0 Å². The lowest BCUT2D eigenvalue weighted by atomic mass is 10.2. The molecule has 0 unspecified atom stereocenters. The third kappa shape index (κ3) is 7.10. The lowest BCUT2D eigenvalue weighted by Crippen LogP contribution is -2.42. The largest absolute Gasteiger partial charge is 0.460 e. The molecule has 178 valence electrons. The van der Waals surface area contributed by atoms with E-state index < -0.39 is 17.4 Å². The van der Waals surface area contributed by atoms with E-state index in [1.807, 2.05) is 56.0 Å². The average Bonchev–Trinajstić information content (AvgIpc) is 3.25. The molecule has 1 N–H and O–H groups in total. The molecule has 1 saturated heterocycles. The molecule has 1 atom stereocenters. The second kappa shape index (κ2) is 10.6. The fourth-order valence-electron chi connectivity index (χ4n) is 3.60. The summed E-state index contributed by atoms with van der Waals surface area (Å²) in [6.07, 6.45) is 0.344. The van der Waals surface area contributed by atoms with E-state index in [-0.39, 0.29) is 25.3 Å². The highest BCUT2D eigenvalue weighted by molar-refractivity contribution is 5.75. The SMILES string of the molecule is CN(C(=O)OC(C)(C)C)[C@@H]1CCN(c2ccc(NCC(=O)OCc3ccccc3)cc2F)C1. The number of benzene rings is 2. The van der Waals surface area contributed by atoms with Crippen LogP contribution in [0.3, 0.4) is 0 Å². The number of nitrogens with one attached hydrogen (secondary N) is 1. The minimum absolute atomic E-state index is 0.0574. The summed E-state index contributed by atoms with van der Waals surface area (Å²) in [5.74, 6) is -0.811. The molecule has 33 heavy (non-hydrogen) atoms. The van der Waals surface area contributed by atoms with Gasteiger partial charge in [0, 0.05) is 25.8 Å². The highest BCUT2D eigenvalue weighted by Crippen LogP contribution is 2.28. The van der Waals surface area contributed by atoms with Crippen LogP contribution in [0, 0.1) is 5.82 Å². The molecule has 2 aromatic carbocycles. The number of carbonyl (C=O) groups excluding carboxylic acids is 2. The van der Waals surface area contributed by atoms with Crippen molar-refractivity contribution in [3.63, 3.8) is 0 Å². The van der Waals surface area contributed by atoms with Gasteiger partial charge >= 0.3 is 12.1 Å². The van der Waals surface area contributed by atoms with Crippen LogP contribution in [0.2, 0.25) is 0 Å². The standard InChI is InChI=1S/C25H32FN3O4/c1-25(2,3)33-24(31)28(4)20-12-13-29(16-20)22-11-10-19(14-21(22)26)27-15-23(30)32-17-18-8-6-5-7-9-18/h5-11,14,20,27H,12-13,15-17H2,1-4H3/t20-/m1/s1. The number of ether oxygens (including phenoxy) is 2. The molecule has 1 aliphatic rings. The Morgan fingerprint density at radius 2 is 1.91 bits per heavy atom. The van der Waals surface area contributed by atoms with Gasteiger partial charge in [-0.3, -0.25) is 4.79 Å². The van der Waals surface area contributed by atoms with Gasteiger partial charge in [-0.15, -0.1) is 0 Å². The average molecular weight is 458 g/mol. The molecule has 0 aliphatic carbocycles. The molecule has 0 bridgehead atoms. The van der Waals surface area contributed by atoms with E-state index in [2.05, 4.69) is 5.32 Å². The molecule has 0 aromatic heterocycles. The van der Waals surface area contributed by atoms with Crippen LogP contribution in [0.1, 0.15) is 32.8 Å². The van der Waals surface area contributed by atoms with Crippen LogP contribution < -0.4 is 10.2 Å². The van der Waals surface area contributed by atoms with Crippen molar-refractivity contribution < 1.29 is 23.5 Å². The van der Waals surface area contributed by atoms with Crippen molar-refractivity contribution in [2.24, 2.45) is 0 Å². The van der Waals surface area contributed by atoms with Crippen LogP contribution in [0.5, 0.6) is 0 Å². The number of likely N-dealkylation sites (N-methyl/N-ethyl adjacent to an activating group) is 1. The summed E-state index contributed by atoms with van der Waals surface area (Å²) < 4.78 is 25.5. The Balaban J connectivity index is 1.50. The molecule has 0 radical (unpaired) electrons. The van der Waals surface area contributed by atoms with E-state index in [4.69, 9.17) is 9.47 Å². The van der Waals surface area contributed by atoms with Gasteiger partial charge in [-0.25, -0.2) is 9.18 Å². The van der Waals surface area contributed by atoms with Crippen molar-refractivity contribution in [3.05, 3.63) is 59.9 Å². The number of halogens is 1. The van der Waals surface area contributed by atoms with E-state index in [1.165, 1.54) is 6.07 Å². The van der Waals surface area contributed by atoms with Gasteiger partial charge in [0.15, 0.2) is 0 Å². The highest BCUT2D eigenvalue weighted by Gasteiger charge is 2.32. The zero-order valence-corrected chi connectivity index (χ0v) is 19.6. The number of carbonyl (C=O) groups is 2. The van der Waals surface area contributed by atoms with Crippen LogP contribution in [-0.4, -0.2) is 55.3 Å². The summed E-state index contributed by atoms with van der Waals surface area (Å²) >= 11 is 0. The van der Waals surface area contributed by atoms with Crippen LogP contribution >= 0.6 is 0 Å². The van der Waals surface area contributed by atoms with Crippen molar-refractivity contribution in [2.45, 2.75) is 45.4 Å². The minimum Gasteiger partial charge on any atom is -0.460 e. The summed E-state index contributed by atoms with van der Waals surface area (Å²) in [6.45, 7) is 6.77. The molecular formula is C25H32FN3O4. The fraction of sp³-hybridized carbons (Fsp3) is 0.440. The van der Waals surface area contributed by atoms with Gasteiger partial charge < -0.3 is 24.6 Å². The summed E-state index contributed by atoms with van der Waals surface area (Å²) in [5, 5.41) is 2.90. The Morgan fingerprint density at radius 1 is 1.18 bits per heavy atom. The van der Waals surface area contributed by atoms with Gasteiger partial charge in [-0.2, -0.15) is 0 Å². The smallest absolute Gasteiger partial charge is 0.410 e. The van der Waals surface area contributed by atoms with Gasteiger partial charge in [0.1, 0.15) is 24.6 Å². The molecule has 0 spiro atoms. The van der Waals surface area contributed by atoms with Crippen molar-refractivity contribution in [3.8, 4) is 0 Å². The fourth-order valence-corrected chi connectivity index (χ4v) is 3.60. The minimum atomic E-state index is -0.563. The summed E-state index contributed by atoms with van der Waals surface area (Å²) in [7, 11) is 1.71. The topological polar surface area (TPSA) is 71.1 Å². The molecule has 1 aliphatic heterocycles. The first-order valence-electron chi connectivity index (χ1n) is 11.1. The van der Waals surface area contributed by atoms with Gasteiger partial charge in [-0.05, 0) is 51.0 Å². The predicted molar refractivity (Wildman–Crippen MR) is 126 cm³/mol. The highest BCUT2D eigenvalue weighted by atomic mass is 19.1. The first kappa shape index (κ1) is 24.4. The molecule has 8 heteroatoms. The maximum absolute atomic E-state index is 14.8. The maximum atomic E-state index is 14.8. The Labute approximate surface area is 194 Å². The number of esters is 1. The quantitative estimate of drug-likeness (QED) is 0.621. The monoisotopic (exact) mass is 457 g/mol. The first-order chi connectivity index (χ1) is 15.6. The van der Waals surface area contributed by atoms with E-state index in [9.17, 15) is 14.0 Å². The lowest BCUT2D eigenvalue weighted by Gasteiger charge is -2.29. The third-order valence-electron chi connectivity index (χ3n) is 5.36. The Bertz CT molecular complexity index is 962. The van der Waals surface area contributed by atoms with Gasteiger partial charge in [0.2, 0.25) is 0 Å². The van der Waals surface area contributed by atoms with Gasteiger partial charge in [-0.1, -0.05) is 30.3 Å². The maximum Gasteiger partial charge on any atom is 0.410 e. The van der Waals surface area contributed by atoms with Crippen LogP contribution in [-0.2, 0) is 20.9 Å². The summed E-state index contributed by atoms with van der Waals surface area (Å²) in [4.78, 5) is 27.8. The molecule has 1 fully saturated rings. The van der Waals surface area contributed by atoms with Crippen molar-refractivity contribution in [2.75, 3.05) is 36.9 Å². The zero-order chi connectivity index (χ0) is 24.0.